The normalized spacial score (nSPS) is 16.8. The number of ether oxygens (including phenoxy) is 3. The van der Waals surface area contributed by atoms with Crippen molar-refractivity contribution in [3.63, 3.8) is 0 Å². The molecule has 0 saturated carbocycles. The van der Waals surface area contributed by atoms with Crippen molar-refractivity contribution in [2.24, 2.45) is 5.92 Å². The predicted octanol–water partition coefficient (Wildman–Crippen LogP) is 3.84. The van der Waals surface area contributed by atoms with Gasteiger partial charge < -0.3 is 19.1 Å². The molecule has 1 amide bonds. The molecule has 0 spiro atoms. The topological polar surface area (TPSA) is 51.2 Å². The molecule has 0 aromatic heterocycles. The van der Waals surface area contributed by atoms with Crippen LogP contribution < -0.4 is 9.47 Å². The quantitative estimate of drug-likeness (QED) is 0.588. The SMILES string of the molecule is COc1ccc(CN2CCO[C@H](CN(CC(C)C)C(=O)c3cccc(F)c3)C2)c(OC)c1. The van der Waals surface area contributed by atoms with E-state index in [0.717, 1.165) is 30.2 Å². The van der Waals surface area contributed by atoms with Gasteiger partial charge in [-0.2, -0.15) is 0 Å². The molecular formula is C25H33FN2O4. The van der Waals surface area contributed by atoms with Crippen molar-refractivity contribution in [1.29, 1.82) is 0 Å². The molecule has 6 nitrogen and oxygen atoms in total. The van der Waals surface area contributed by atoms with Crippen molar-refractivity contribution in [3.05, 3.63) is 59.4 Å². The number of halogens is 1. The van der Waals surface area contributed by atoms with Gasteiger partial charge in [0.1, 0.15) is 17.3 Å². The molecule has 0 radical (unpaired) electrons. The Kier molecular flexibility index (Phi) is 8.47. The van der Waals surface area contributed by atoms with Gasteiger partial charge in [-0.3, -0.25) is 9.69 Å². The average molecular weight is 445 g/mol. The lowest BCUT2D eigenvalue weighted by molar-refractivity contribution is -0.0439. The second-order valence-electron chi connectivity index (χ2n) is 8.52. The highest BCUT2D eigenvalue weighted by Gasteiger charge is 2.27. The van der Waals surface area contributed by atoms with E-state index >= 15 is 0 Å². The van der Waals surface area contributed by atoms with Gasteiger partial charge in [-0.15, -0.1) is 0 Å². The maximum absolute atomic E-state index is 13.7. The summed E-state index contributed by atoms with van der Waals surface area (Å²) in [6.07, 6.45) is -0.121. The van der Waals surface area contributed by atoms with E-state index in [1.54, 1.807) is 31.3 Å². The number of amides is 1. The van der Waals surface area contributed by atoms with E-state index in [1.165, 1.54) is 12.1 Å². The van der Waals surface area contributed by atoms with E-state index in [9.17, 15) is 9.18 Å². The van der Waals surface area contributed by atoms with Gasteiger partial charge in [-0.05, 0) is 30.2 Å². The summed E-state index contributed by atoms with van der Waals surface area (Å²) in [4.78, 5) is 17.2. The molecule has 0 aliphatic carbocycles. The Morgan fingerprint density at radius 2 is 2.03 bits per heavy atom. The third kappa shape index (κ3) is 6.43. The Labute approximate surface area is 189 Å². The van der Waals surface area contributed by atoms with Gasteiger partial charge in [-0.1, -0.05) is 26.0 Å². The maximum atomic E-state index is 13.7. The van der Waals surface area contributed by atoms with Crippen LogP contribution in [0.1, 0.15) is 29.8 Å². The van der Waals surface area contributed by atoms with E-state index < -0.39 is 5.82 Å². The Hall–Kier alpha value is -2.64. The standard InChI is InChI=1S/C25H33FN2O4/c1-18(2)14-28(25(29)19-6-5-7-21(26)12-19)17-23-16-27(10-11-32-23)15-20-8-9-22(30-3)13-24(20)31-4/h5-9,12-13,18,23H,10-11,14-17H2,1-4H3/t23-/m0/s1. The van der Waals surface area contributed by atoms with Gasteiger partial charge >= 0.3 is 0 Å². The summed E-state index contributed by atoms with van der Waals surface area (Å²) in [5, 5.41) is 0. The predicted molar refractivity (Wildman–Crippen MR) is 122 cm³/mol. The van der Waals surface area contributed by atoms with Gasteiger partial charge in [0.25, 0.3) is 5.91 Å². The van der Waals surface area contributed by atoms with Crippen LogP contribution >= 0.6 is 0 Å². The lowest BCUT2D eigenvalue weighted by atomic mass is 10.1. The number of hydrogen-bond acceptors (Lipinski definition) is 5. The lowest BCUT2D eigenvalue weighted by Crippen LogP contribution is -2.49. The van der Waals surface area contributed by atoms with E-state index in [1.807, 2.05) is 18.2 Å². The fourth-order valence-electron chi connectivity index (χ4n) is 3.99. The molecule has 1 fully saturated rings. The molecule has 1 atom stereocenters. The van der Waals surface area contributed by atoms with Gasteiger partial charge in [-0.25, -0.2) is 4.39 Å². The number of benzene rings is 2. The molecule has 1 saturated heterocycles. The van der Waals surface area contributed by atoms with Crippen LogP contribution in [0.2, 0.25) is 0 Å². The molecular weight excluding hydrogens is 411 g/mol. The molecule has 32 heavy (non-hydrogen) atoms. The highest BCUT2D eigenvalue weighted by Crippen LogP contribution is 2.26. The fourth-order valence-corrected chi connectivity index (χ4v) is 3.99. The van der Waals surface area contributed by atoms with E-state index in [-0.39, 0.29) is 17.9 Å². The molecule has 0 unspecified atom stereocenters. The van der Waals surface area contributed by atoms with Crippen molar-refractivity contribution in [3.8, 4) is 11.5 Å². The van der Waals surface area contributed by atoms with Crippen LogP contribution in [0.3, 0.4) is 0 Å². The van der Waals surface area contributed by atoms with Crippen molar-refractivity contribution in [2.45, 2.75) is 26.5 Å². The molecule has 0 N–H and O–H groups in total. The Morgan fingerprint density at radius 3 is 2.72 bits per heavy atom. The van der Waals surface area contributed by atoms with E-state index in [4.69, 9.17) is 14.2 Å². The molecule has 3 rings (SSSR count). The summed E-state index contributed by atoms with van der Waals surface area (Å²) in [5.41, 5.74) is 1.44. The number of hydrogen-bond donors (Lipinski definition) is 0. The number of carbonyl (C=O) groups excluding carboxylic acids is 1. The van der Waals surface area contributed by atoms with Gasteiger partial charge in [0, 0.05) is 49.9 Å². The average Bonchev–Trinajstić information content (AvgIpc) is 2.78. The zero-order valence-electron chi connectivity index (χ0n) is 19.3. The smallest absolute Gasteiger partial charge is 0.254 e. The third-order valence-corrected chi connectivity index (χ3v) is 5.48. The molecule has 174 valence electrons. The van der Waals surface area contributed by atoms with Crippen LogP contribution in [-0.2, 0) is 11.3 Å². The molecule has 7 heteroatoms. The van der Waals surface area contributed by atoms with Crippen molar-refractivity contribution >= 4 is 5.91 Å². The number of rotatable bonds is 9. The maximum Gasteiger partial charge on any atom is 0.254 e. The van der Waals surface area contributed by atoms with Crippen LogP contribution in [-0.4, -0.2) is 68.8 Å². The number of nitrogens with zero attached hydrogens (tertiary/aromatic N) is 2. The Morgan fingerprint density at radius 1 is 1.22 bits per heavy atom. The van der Waals surface area contributed by atoms with Crippen LogP contribution in [0.15, 0.2) is 42.5 Å². The third-order valence-electron chi connectivity index (χ3n) is 5.48. The summed E-state index contributed by atoms with van der Waals surface area (Å²) in [6, 6.07) is 11.7. The van der Waals surface area contributed by atoms with Crippen LogP contribution in [0, 0.1) is 11.7 Å². The summed E-state index contributed by atoms with van der Waals surface area (Å²) in [7, 11) is 3.29. The number of methoxy groups -OCH3 is 2. The largest absolute Gasteiger partial charge is 0.497 e. The van der Waals surface area contributed by atoms with Crippen molar-refractivity contribution in [1.82, 2.24) is 9.80 Å². The van der Waals surface area contributed by atoms with E-state index in [2.05, 4.69) is 18.7 Å². The Bertz CT molecular complexity index is 905. The summed E-state index contributed by atoms with van der Waals surface area (Å²) >= 11 is 0. The fraction of sp³-hybridized carbons (Fsp3) is 0.480. The first-order valence-electron chi connectivity index (χ1n) is 11.0. The minimum atomic E-state index is -0.408. The monoisotopic (exact) mass is 444 g/mol. The highest BCUT2D eigenvalue weighted by molar-refractivity contribution is 5.94. The van der Waals surface area contributed by atoms with Crippen LogP contribution in [0.5, 0.6) is 11.5 Å². The van der Waals surface area contributed by atoms with Crippen molar-refractivity contribution < 1.29 is 23.4 Å². The lowest BCUT2D eigenvalue weighted by Gasteiger charge is -2.36. The molecule has 0 bridgehead atoms. The summed E-state index contributed by atoms with van der Waals surface area (Å²) in [6.45, 7) is 7.98. The van der Waals surface area contributed by atoms with Gasteiger partial charge in [0.2, 0.25) is 0 Å². The van der Waals surface area contributed by atoms with Gasteiger partial charge in [0.05, 0.1) is 26.9 Å². The first kappa shape index (κ1) is 24.0. The molecule has 2 aromatic carbocycles. The van der Waals surface area contributed by atoms with Crippen molar-refractivity contribution in [2.75, 3.05) is 47.0 Å². The van der Waals surface area contributed by atoms with Crippen LogP contribution in [0.25, 0.3) is 0 Å². The minimum Gasteiger partial charge on any atom is -0.497 e. The molecule has 2 aromatic rings. The second-order valence-corrected chi connectivity index (χ2v) is 8.52. The highest BCUT2D eigenvalue weighted by atomic mass is 19.1. The first-order valence-corrected chi connectivity index (χ1v) is 11.0. The second kappa shape index (κ2) is 11.3. The van der Waals surface area contributed by atoms with Gasteiger partial charge in [0.15, 0.2) is 0 Å². The van der Waals surface area contributed by atoms with Crippen LogP contribution in [0.4, 0.5) is 4.39 Å². The number of carbonyl (C=O) groups is 1. The minimum absolute atomic E-state index is 0.121. The zero-order valence-corrected chi connectivity index (χ0v) is 19.3. The summed E-state index contributed by atoms with van der Waals surface area (Å²) < 4.78 is 30.5. The Balaban J connectivity index is 1.68. The first-order chi connectivity index (χ1) is 15.4. The summed E-state index contributed by atoms with van der Waals surface area (Å²) in [5.74, 6) is 1.25. The number of morpholine rings is 1. The molecule has 1 aliphatic rings. The van der Waals surface area contributed by atoms with E-state index in [0.29, 0.717) is 31.8 Å². The molecule has 1 aliphatic heterocycles. The molecule has 1 heterocycles. The zero-order chi connectivity index (χ0) is 23.1.